The number of hydrogen-bond acceptors (Lipinski definition) is 5. The minimum absolute atomic E-state index is 0.0123. The van der Waals surface area contributed by atoms with Crippen LogP contribution in [0.3, 0.4) is 0 Å². The second kappa shape index (κ2) is 8.11. The minimum atomic E-state index is -0.559. The van der Waals surface area contributed by atoms with Gasteiger partial charge in [0, 0.05) is 24.6 Å². The van der Waals surface area contributed by atoms with Gasteiger partial charge < -0.3 is 9.64 Å². The quantitative estimate of drug-likeness (QED) is 0.673. The first kappa shape index (κ1) is 20.3. The highest BCUT2D eigenvalue weighted by molar-refractivity contribution is 8.13. The van der Waals surface area contributed by atoms with Crippen LogP contribution in [0.5, 0.6) is 0 Å². The van der Waals surface area contributed by atoms with E-state index in [0.717, 1.165) is 12.8 Å². The van der Waals surface area contributed by atoms with Gasteiger partial charge in [0.1, 0.15) is 12.1 Å². The Morgan fingerprint density at radius 2 is 1.88 bits per heavy atom. The van der Waals surface area contributed by atoms with E-state index in [1.54, 1.807) is 4.90 Å². The van der Waals surface area contributed by atoms with Crippen molar-refractivity contribution in [2.45, 2.75) is 71.9 Å². The average molecular weight is 370 g/mol. The van der Waals surface area contributed by atoms with Crippen LogP contribution in [0, 0.1) is 17.8 Å². The summed E-state index contributed by atoms with van der Waals surface area (Å²) in [6.07, 6.45) is 4.54. The number of nitrogens with zero attached hydrogens (tertiary/aromatic N) is 1. The van der Waals surface area contributed by atoms with E-state index < -0.39 is 5.60 Å². The van der Waals surface area contributed by atoms with Crippen molar-refractivity contribution in [3.05, 3.63) is 0 Å². The number of carbonyl (C=O) groups excluding carboxylic acids is 3. The molecule has 1 amide bonds. The molecule has 0 spiro atoms. The van der Waals surface area contributed by atoms with Gasteiger partial charge in [0.15, 0.2) is 5.12 Å². The Morgan fingerprint density at radius 1 is 1.20 bits per heavy atom. The van der Waals surface area contributed by atoms with Crippen molar-refractivity contribution < 1.29 is 19.1 Å². The molecule has 5 nitrogen and oxygen atoms in total. The third kappa shape index (κ3) is 5.73. The number of carbonyl (C=O) groups is 3. The van der Waals surface area contributed by atoms with E-state index in [9.17, 15) is 14.4 Å². The second-order valence-electron chi connectivity index (χ2n) is 8.50. The van der Waals surface area contributed by atoms with Crippen molar-refractivity contribution in [1.29, 1.82) is 0 Å². The molecule has 2 aliphatic carbocycles. The molecule has 0 saturated heterocycles. The number of fused-ring (bicyclic) bond motifs is 2. The first-order valence-corrected chi connectivity index (χ1v) is 10.2. The Bertz CT molecular complexity index is 528. The molecule has 142 valence electrons. The van der Waals surface area contributed by atoms with E-state index in [0.29, 0.717) is 17.6 Å². The molecule has 6 heteroatoms. The molecule has 2 saturated carbocycles. The molecule has 0 heterocycles. The summed E-state index contributed by atoms with van der Waals surface area (Å²) in [5, 5.41) is 0.0123. The molecule has 0 aromatic carbocycles. The van der Waals surface area contributed by atoms with Gasteiger partial charge in [0.2, 0.25) is 5.91 Å². The number of amides is 1. The molecule has 2 fully saturated rings. The Labute approximate surface area is 155 Å². The summed E-state index contributed by atoms with van der Waals surface area (Å²) < 4.78 is 5.44. The van der Waals surface area contributed by atoms with Gasteiger partial charge in [0.25, 0.3) is 0 Å². The predicted molar refractivity (Wildman–Crippen MR) is 99.1 cm³/mol. The largest absolute Gasteiger partial charge is 0.459 e. The van der Waals surface area contributed by atoms with Crippen LogP contribution in [-0.4, -0.2) is 45.8 Å². The van der Waals surface area contributed by atoms with Crippen molar-refractivity contribution in [3.63, 3.8) is 0 Å². The number of esters is 1. The lowest BCUT2D eigenvalue weighted by Crippen LogP contribution is -2.49. The van der Waals surface area contributed by atoms with E-state index >= 15 is 0 Å². The lowest BCUT2D eigenvalue weighted by Gasteiger charge is -2.36. The van der Waals surface area contributed by atoms with Gasteiger partial charge in [-0.25, -0.2) is 0 Å². The van der Waals surface area contributed by atoms with Crippen LogP contribution in [0.25, 0.3) is 0 Å². The third-order valence-electron chi connectivity index (χ3n) is 5.06. The van der Waals surface area contributed by atoms with E-state index in [-0.39, 0.29) is 35.5 Å². The van der Waals surface area contributed by atoms with Crippen LogP contribution >= 0.6 is 11.8 Å². The molecule has 0 N–H and O–H groups in total. The SMILES string of the molecule is CC(=O)SCC(C)C(=O)N(CC(=O)OC(C)(C)C)C1CC2CCC1C2. The fourth-order valence-electron chi connectivity index (χ4n) is 4.06. The zero-order valence-electron chi connectivity index (χ0n) is 16.0. The lowest BCUT2D eigenvalue weighted by atomic mass is 9.93. The van der Waals surface area contributed by atoms with Crippen LogP contribution in [0.15, 0.2) is 0 Å². The lowest BCUT2D eigenvalue weighted by molar-refractivity contribution is -0.161. The maximum absolute atomic E-state index is 13.0. The molecular weight excluding hydrogens is 338 g/mol. The maximum atomic E-state index is 13.0. The number of thioether (sulfide) groups is 1. The third-order valence-corrected chi connectivity index (χ3v) is 6.13. The summed E-state index contributed by atoms with van der Waals surface area (Å²) in [4.78, 5) is 38.3. The normalized spacial score (nSPS) is 26.4. The van der Waals surface area contributed by atoms with Gasteiger partial charge in [0.05, 0.1) is 0 Å². The van der Waals surface area contributed by atoms with Crippen LogP contribution in [0.4, 0.5) is 0 Å². The van der Waals surface area contributed by atoms with Gasteiger partial charge >= 0.3 is 5.97 Å². The highest BCUT2D eigenvalue weighted by atomic mass is 32.2. The highest BCUT2D eigenvalue weighted by Gasteiger charge is 2.45. The minimum Gasteiger partial charge on any atom is -0.459 e. The second-order valence-corrected chi connectivity index (χ2v) is 9.70. The van der Waals surface area contributed by atoms with Crippen molar-refractivity contribution in [3.8, 4) is 0 Å². The van der Waals surface area contributed by atoms with E-state index in [4.69, 9.17) is 4.74 Å². The van der Waals surface area contributed by atoms with Gasteiger partial charge in [-0.15, -0.1) is 0 Å². The summed E-state index contributed by atoms with van der Waals surface area (Å²) in [6, 6.07) is 0.142. The molecule has 0 radical (unpaired) electrons. The van der Waals surface area contributed by atoms with E-state index in [1.165, 1.54) is 31.5 Å². The summed E-state index contributed by atoms with van der Waals surface area (Å²) in [7, 11) is 0. The van der Waals surface area contributed by atoms with Crippen molar-refractivity contribution in [2.75, 3.05) is 12.3 Å². The fourth-order valence-corrected chi connectivity index (χ4v) is 4.69. The molecule has 0 aromatic rings. The molecule has 4 unspecified atom stereocenters. The van der Waals surface area contributed by atoms with E-state index in [2.05, 4.69) is 0 Å². The zero-order chi connectivity index (χ0) is 18.8. The Morgan fingerprint density at radius 3 is 2.36 bits per heavy atom. The molecule has 2 rings (SSSR count). The monoisotopic (exact) mass is 369 g/mol. The smallest absolute Gasteiger partial charge is 0.326 e. The van der Waals surface area contributed by atoms with Gasteiger partial charge in [-0.3, -0.25) is 14.4 Å². The van der Waals surface area contributed by atoms with Crippen LogP contribution in [0.1, 0.15) is 60.3 Å². The zero-order valence-corrected chi connectivity index (χ0v) is 16.9. The molecule has 4 atom stereocenters. The van der Waals surface area contributed by atoms with Crippen LogP contribution < -0.4 is 0 Å². The molecule has 0 aliphatic heterocycles. The summed E-state index contributed by atoms with van der Waals surface area (Å²) in [5.74, 6) is 0.984. The van der Waals surface area contributed by atoms with Gasteiger partial charge in [-0.05, 0) is 51.9 Å². The van der Waals surface area contributed by atoms with E-state index in [1.807, 2.05) is 27.7 Å². The summed E-state index contributed by atoms with van der Waals surface area (Å²) in [5.41, 5.74) is -0.559. The average Bonchev–Trinajstić information content (AvgIpc) is 3.10. The number of hydrogen-bond donors (Lipinski definition) is 0. The van der Waals surface area contributed by atoms with Gasteiger partial charge in [-0.2, -0.15) is 0 Å². The number of rotatable bonds is 6. The molecular formula is C19H31NO4S. The fraction of sp³-hybridized carbons (Fsp3) is 0.842. The van der Waals surface area contributed by atoms with Crippen molar-refractivity contribution >= 4 is 28.8 Å². The Hall–Kier alpha value is -1.04. The standard InChI is InChI=1S/C19H31NO4S/c1-12(11-25-13(2)21)18(23)20(10-17(22)24-19(3,4)5)16-9-14-6-7-15(16)8-14/h12,14-16H,6-11H2,1-5H3. The first-order chi connectivity index (χ1) is 11.6. The van der Waals surface area contributed by atoms with Crippen LogP contribution in [-0.2, 0) is 19.1 Å². The molecule has 2 bridgehead atoms. The topological polar surface area (TPSA) is 63.7 Å². The highest BCUT2D eigenvalue weighted by Crippen LogP contribution is 2.47. The van der Waals surface area contributed by atoms with Gasteiger partial charge in [-0.1, -0.05) is 25.1 Å². The molecule has 25 heavy (non-hydrogen) atoms. The van der Waals surface area contributed by atoms with Crippen molar-refractivity contribution in [1.82, 2.24) is 4.90 Å². The van der Waals surface area contributed by atoms with Crippen molar-refractivity contribution in [2.24, 2.45) is 17.8 Å². The predicted octanol–water partition coefficient (Wildman–Crippen LogP) is 3.26. The summed E-state index contributed by atoms with van der Waals surface area (Å²) >= 11 is 1.17. The van der Waals surface area contributed by atoms with Crippen LogP contribution in [0.2, 0.25) is 0 Å². The first-order valence-electron chi connectivity index (χ1n) is 9.22. The molecule has 2 aliphatic rings. The maximum Gasteiger partial charge on any atom is 0.326 e. The number of ether oxygens (including phenoxy) is 1. The Kier molecular flexibility index (Phi) is 6.57. The summed E-state index contributed by atoms with van der Waals surface area (Å²) in [6.45, 7) is 8.87. The molecule has 0 aromatic heterocycles. The Balaban J connectivity index is 2.07.